The molecule has 3 aromatic rings. The van der Waals surface area contributed by atoms with E-state index >= 15 is 0 Å². The van der Waals surface area contributed by atoms with Crippen molar-refractivity contribution in [2.45, 2.75) is 6.92 Å². The number of rotatable bonds is 1. The van der Waals surface area contributed by atoms with Crippen molar-refractivity contribution in [3.8, 4) is 11.3 Å². The zero-order chi connectivity index (χ0) is 11.8. The molecule has 0 spiro atoms. The molecular weight excluding hydrogens is 215 g/mol. The van der Waals surface area contributed by atoms with Gasteiger partial charge in [-0.05, 0) is 30.7 Å². The summed E-state index contributed by atoms with van der Waals surface area (Å²) in [5.41, 5.74) is 3.71. The average molecular weight is 226 g/mol. The van der Waals surface area contributed by atoms with Crippen LogP contribution >= 0.6 is 0 Å². The van der Waals surface area contributed by atoms with Crippen molar-refractivity contribution in [1.29, 1.82) is 0 Å². The first-order chi connectivity index (χ1) is 8.25. The first-order valence-electron chi connectivity index (χ1n) is 5.45. The van der Waals surface area contributed by atoms with E-state index in [-0.39, 0.29) is 5.82 Å². The number of nitrogens with zero attached hydrogens (tertiary/aromatic N) is 1. The molecule has 17 heavy (non-hydrogen) atoms. The Morgan fingerprint density at radius 2 is 1.94 bits per heavy atom. The number of nitrogens with one attached hydrogen (secondary N) is 1. The maximum atomic E-state index is 13.2. The van der Waals surface area contributed by atoms with Crippen LogP contribution < -0.4 is 0 Å². The van der Waals surface area contributed by atoms with Gasteiger partial charge in [-0.3, -0.25) is 5.10 Å². The number of aromatic amines is 1. The molecule has 2 aromatic carbocycles. The highest BCUT2D eigenvalue weighted by molar-refractivity contribution is 5.95. The van der Waals surface area contributed by atoms with Crippen LogP contribution in [0.3, 0.4) is 0 Å². The van der Waals surface area contributed by atoms with E-state index in [4.69, 9.17) is 0 Å². The SMILES string of the molecule is Cc1cccc2[nH]nc(-c3cccc(F)c3)c12. The molecule has 0 bridgehead atoms. The summed E-state index contributed by atoms with van der Waals surface area (Å²) in [4.78, 5) is 0. The summed E-state index contributed by atoms with van der Waals surface area (Å²) in [6.07, 6.45) is 0. The molecular formula is C14H11FN2. The van der Waals surface area contributed by atoms with Crippen LogP contribution in [0.25, 0.3) is 22.2 Å². The van der Waals surface area contributed by atoms with Gasteiger partial charge >= 0.3 is 0 Å². The monoisotopic (exact) mass is 226 g/mol. The van der Waals surface area contributed by atoms with E-state index in [2.05, 4.69) is 10.2 Å². The quantitative estimate of drug-likeness (QED) is 0.673. The maximum Gasteiger partial charge on any atom is 0.123 e. The lowest BCUT2D eigenvalue weighted by Gasteiger charge is -2.00. The van der Waals surface area contributed by atoms with Crippen LogP contribution in [0.4, 0.5) is 4.39 Å². The molecule has 0 amide bonds. The van der Waals surface area contributed by atoms with E-state index < -0.39 is 0 Å². The largest absolute Gasteiger partial charge is 0.277 e. The second-order valence-corrected chi connectivity index (χ2v) is 4.08. The lowest BCUT2D eigenvalue weighted by Crippen LogP contribution is -1.82. The Bertz CT molecular complexity index is 686. The molecule has 2 nitrogen and oxygen atoms in total. The highest BCUT2D eigenvalue weighted by atomic mass is 19.1. The molecule has 0 aliphatic heterocycles. The van der Waals surface area contributed by atoms with E-state index in [1.165, 1.54) is 12.1 Å². The van der Waals surface area contributed by atoms with Crippen molar-refractivity contribution in [1.82, 2.24) is 10.2 Å². The van der Waals surface area contributed by atoms with E-state index in [0.717, 1.165) is 27.7 Å². The van der Waals surface area contributed by atoms with Gasteiger partial charge in [0.15, 0.2) is 0 Å². The Hall–Kier alpha value is -2.16. The highest BCUT2D eigenvalue weighted by Gasteiger charge is 2.10. The van der Waals surface area contributed by atoms with Gasteiger partial charge in [0.1, 0.15) is 11.5 Å². The summed E-state index contributed by atoms with van der Waals surface area (Å²) < 4.78 is 13.2. The van der Waals surface area contributed by atoms with Gasteiger partial charge in [-0.1, -0.05) is 24.3 Å². The van der Waals surface area contributed by atoms with Gasteiger partial charge in [0.2, 0.25) is 0 Å². The van der Waals surface area contributed by atoms with Gasteiger partial charge in [0.25, 0.3) is 0 Å². The molecule has 1 heterocycles. The lowest BCUT2D eigenvalue weighted by molar-refractivity contribution is 0.628. The second kappa shape index (κ2) is 3.70. The van der Waals surface area contributed by atoms with Gasteiger partial charge in [-0.25, -0.2) is 4.39 Å². The van der Waals surface area contributed by atoms with Crippen molar-refractivity contribution < 1.29 is 4.39 Å². The standard InChI is InChI=1S/C14H11FN2/c1-9-4-2-7-12-13(9)14(17-16-12)10-5-3-6-11(15)8-10/h2-8H,1H3,(H,16,17). The third kappa shape index (κ3) is 1.60. The van der Waals surface area contributed by atoms with Crippen molar-refractivity contribution in [2.75, 3.05) is 0 Å². The molecule has 0 saturated heterocycles. The minimum Gasteiger partial charge on any atom is -0.277 e. The van der Waals surface area contributed by atoms with Gasteiger partial charge in [-0.2, -0.15) is 5.10 Å². The van der Waals surface area contributed by atoms with Crippen molar-refractivity contribution in [3.63, 3.8) is 0 Å². The fourth-order valence-electron chi connectivity index (χ4n) is 2.09. The number of halogens is 1. The third-order valence-corrected chi connectivity index (χ3v) is 2.90. The fourth-order valence-corrected chi connectivity index (χ4v) is 2.09. The summed E-state index contributed by atoms with van der Waals surface area (Å²) in [6.45, 7) is 2.03. The number of aromatic nitrogens is 2. The Labute approximate surface area is 98.1 Å². The molecule has 0 radical (unpaired) electrons. The van der Waals surface area contributed by atoms with Crippen LogP contribution in [-0.2, 0) is 0 Å². The first-order valence-corrected chi connectivity index (χ1v) is 5.45. The van der Waals surface area contributed by atoms with E-state index in [1.807, 2.05) is 31.2 Å². The van der Waals surface area contributed by atoms with Crippen LogP contribution in [0.1, 0.15) is 5.56 Å². The average Bonchev–Trinajstić information content (AvgIpc) is 2.74. The zero-order valence-corrected chi connectivity index (χ0v) is 9.37. The lowest BCUT2D eigenvalue weighted by atomic mass is 10.0. The molecule has 0 atom stereocenters. The van der Waals surface area contributed by atoms with Crippen molar-refractivity contribution in [3.05, 3.63) is 53.8 Å². The van der Waals surface area contributed by atoms with E-state index in [1.54, 1.807) is 6.07 Å². The maximum absolute atomic E-state index is 13.2. The van der Waals surface area contributed by atoms with Crippen molar-refractivity contribution in [2.24, 2.45) is 0 Å². The molecule has 3 heteroatoms. The first kappa shape index (κ1) is 10.0. The Morgan fingerprint density at radius 1 is 1.12 bits per heavy atom. The molecule has 0 unspecified atom stereocenters. The van der Waals surface area contributed by atoms with Gasteiger partial charge in [0, 0.05) is 10.9 Å². The zero-order valence-electron chi connectivity index (χ0n) is 9.37. The van der Waals surface area contributed by atoms with Crippen LogP contribution in [-0.4, -0.2) is 10.2 Å². The molecule has 0 fully saturated rings. The van der Waals surface area contributed by atoms with Crippen LogP contribution in [0.15, 0.2) is 42.5 Å². The number of hydrogen-bond acceptors (Lipinski definition) is 1. The van der Waals surface area contributed by atoms with Crippen LogP contribution in [0, 0.1) is 12.7 Å². The smallest absolute Gasteiger partial charge is 0.123 e. The number of hydrogen-bond donors (Lipinski definition) is 1. The fraction of sp³-hybridized carbons (Fsp3) is 0.0714. The summed E-state index contributed by atoms with van der Waals surface area (Å²) in [7, 11) is 0. The van der Waals surface area contributed by atoms with E-state index in [0.29, 0.717) is 0 Å². The minimum atomic E-state index is -0.243. The molecule has 3 rings (SSSR count). The molecule has 0 saturated carbocycles. The highest BCUT2D eigenvalue weighted by Crippen LogP contribution is 2.28. The number of aryl methyl sites for hydroxylation is 1. The number of H-pyrrole nitrogens is 1. The van der Waals surface area contributed by atoms with Gasteiger partial charge in [-0.15, -0.1) is 0 Å². The molecule has 84 valence electrons. The van der Waals surface area contributed by atoms with E-state index in [9.17, 15) is 4.39 Å². The topological polar surface area (TPSA) is 28.7 Å². The molecule has 0 aliphatic carbocycles. The summed E-state index contributed by atoms with van der Waals surface area (Å²) in [6, 6.07) is 12.5. The summed E-state index contributed by atoms with van der Waals surface area (Å²) in [5, 5.41) is 8.30. The summed E-state index contributed by atoms with van der Waals surface area (Å²) in [5.74, 6) is -0.243. The Kier molecular flexibility index (Phi) is 2.18. The predicted molar refractivity (Wildman–Crippen MR) is 66.2 cm³/mol. The molecule has 0 aliphatic rings. The minimum absolute atomic E-state index is 0.243. The predicted octanol–water partition coefficient (Wildman–Crippen LogP) is 3.68. The Balaban J connectivity index is 2.31. The number of benzene rings is 2. The summed E-state index contributed by atoms with van der Waals surface area (Å²) >= 11 is 0. The normalized spacial score (nSPS) is 10.9. The second-order valence-electron chi connectivity index (χ2n) is 4.08. The Morgan fingerprint density at radius 3 is 2.76 bits per heavy atom. The van der Waals surface area contributed by atoms with Crippen LogP contribution in [0.2, 0.25) is 0 Å². The van der Waals surface area contributed by atoms with Gasteiger partial charge < -0.3 is 0 Å². The van der Waals surface area contributed by atoms with Crippen LogP contribution in [0.5, 0.6) is 0 Å². The third-order valence-electron chi connectivity index (χ3n) is 2.90. The van der Waals surface area contributed by atoms with Crippen molar-refractivity contribution >= 4 is 10.9 Å². The van der Waals surface area contributed by atoms with Gasteiger partial charge in [0.05, 0.1) is 5.52 Å². The molecule has 1 aromatic heterocycles. The molecule has 1 N–H and O–H groups in total. The number of fused-ring (bicyclic) bond motifs is 1.